The molecule has 82 valence electrons. The van der Waals surface area contributed by atoms with Crippen LogP contribution < -0.4 is 15.9 Å². The van der Waals surface area contributed by atoms with Crippen molar-refractivity contribution in [3.63, 3.8) is 0 Å². The number of hydrogen-bond acceptors (Lipinski definition) is 5. The predicted molar refractivity (Wildman–Crippen MR) is 40.7 cm³/mol. The van der Waals surface area contributed by atoms with Crippen LogP contribution in [0.3, 0.4) is 0 Å². The minimum Gasteiger partial charge on any atom is -0.550 e. The van der Waals surface area contributed by atoms with Crippen LogP contribution in [0.4, 0.5) is 0 Å². The van der Waals surface area contributed by atoms with Crippen LogP contribution in [0.5, 0.6) is 0 Å². The first-order valence-corrected chi connectivity index (χ1v) is 3.43. The van der Waals surface area contributed by atoms with E-state index >= 15 is 0 Å². The van der Waals surface area contributed by atoms with Crippen LogP contribution >= 0.6 is 0 Å². The minimum atomic E-state index is -1.08. The Morgan fingerprint density at radius 2 is 1.23 bits per heavy atom. The summed E-state index contributed by atoms with van der Waals surface area (Å²) >= 11 is 0. The molecule has 0 radical (unpaired) electrons. The predicted octanol–water partition coefficient (Wildman–Crippen LogP) is -2.13. The third-order valence-corrected chi connectivity index (χ3v) is 0.289. The second-order valence-corrected chi connectivity index (χ2v) is 1.77. The van der Waals surface area contributed by atoms with Gasteiger partial charge in [-0.2, -0.15) is 0 Å². The summed E-state index contributed by atoms with van der Waals surface area (Å²) < 4.78 is 0. The van der Waals surface area contributed by atoms with Gasteiger partial charge < -0.3 is 25.5 Å². The molecular formula is C7H15NO4Pd. The fourth-order valence-corrected chi connectivity index (χ4v) is 0. The standard InChI is InChI=1S/C3H9N.2C2H4O2.Pd/c1-2-3-4;2*1-2(3)4;/h2-4H2,1H3;2*1H3,(H,3,4);/q;;;+2/p-2. The SMILES string of the molecule is CC(=O)[O-].CC(=O)[O-].CCCN.[Pd+2]. The molecule has 0 aliphatic heterocycles. The van der Waals surface area contributed by atoms with E-state index in [0.29, 0.717) is 0 Å². The largest absolute Gasteiger partial charge is 2.00 e. The molecule has 0 atom stereocenters. The summed E-state index contributed by atoms with van der Waals surface area (Å²) in [6.07, 6.45) is 1.10. The second kappa shape index (κ2) is 22.6. The molecular weight excluding hydrogens is 268 g/mol. The fourth-order valence-electron chi connectivity index (χ4n) is 0. The Morgan fingerprint density at radius 1 is 1.15 bits per heavy atom. The van der Waals surface area contributed by atoms with Gasteiger partial charge in [0, 0.05) is 11.9 Å². The smallest absolute Gasteiger partial charge is 0.550 e. The summed E-state index contributed by atoms with van der Waals surface area (Å²) in [6.45, 7) is 4.82. The van der Waals surface area contributed by atoms with Crippen molar-refractivity contribution in [1.29, 1.82) is 0 Å². The van der Waals surface area contributed by atoms with Gasteiger partial charge in [-0.05, 0) is 26.8 Å². The summed E-state index contributed by atoms with van der Waals surface area (Å²) in [5.74, 6) is -2.17. The molecule has 0 rings (SSSR count). The third kappa shape index (κ3) is 3340. The molecule has 6 heteroatoms. The zero-order valence-electron chi connectivity index (χ0n) is 7.94. The molecule has 0 heterocycles. The summed E-state index contributed by atoms with van der Waals surface area (Å²) in [6, 6.07) is 0. The maximum atomic E-state index is 8.89. The number of rotatable bonds is 1. The minimum absolute atomic E-state index is 0. The first-order valence-electron chi connectivity index (χ1n) is 3.43. The Kier molecular flexibility index (Phi) is 39.7. The van der Waals surface area contributed by atoms with E-state index in [1.165, 1.54) is 0 Å². The van der Waals surface area contributed by atoms with E-state index in [4.69, 9.17) is 25.5 Å². The van der Waals surface area contributed by atoms with Gasteiger partial charge in [-0.3, -0.25) is 0 Å². The molecule has 0 aliphatic rings. The normalized spacial score (nSPS) is 6.15. The molecule has 0 saturated heterocycles. The van der Waals surface area contributed by atoms with Crippen molar-refractivity contribution in [2.24, 2.45) is 5.73 Å². The van der Waals surface area contributed by atoms with E-state index in [1.807, 2.05) is 0 Å². The molecule has 13 heavy (non-hydrogen) atoms. The maximum absolute atomic E-state index is 8.89. The van der Waals surface area contributed by atoms with Gasteiger partial charge in [0.05, 0.1) is 0 Å². The van der Waals surface area contributed by atoms with Crippen LogP contribution in [-0.2, 0) is 30.0 Å². The van der Waals surface area contributed by atoms with E-state index in [-0.39, 0.29) is 20.4 Å². The quantitative estimate of drug-likeness (QED) is 0.553. The fraction of sp³-hybridized carbons (Fsp3) is 0.714. The number of carbonyl (C=O) groups excluding carboxylic acids is 2. The number of carbonyl (C=O) groups is 2. The third-order valence-electron chi connectivity index (χ3n) is 0.289. The molecule has 2 N–H and O–H groups in total. The zero-order valence-corrected chi connectivity index (χ0v) is 9.50. The molecule has 0 saturated carbocycles. The number of carboxylic acid groups (broad SMARTS) is 2. The van der Waals surface area contributed by atoms with E-state index < -0.39 is 11.9 Å². The molecule has 0 aromatic heterocycles. The first-order chi connectivity index (χ1) is 5.38. The maximum Gasteiger partial charge on any atom is 2.00 e. The van der Waals surface area contributed by atoms with Crippen molar-refractivity contribution in [3.05, 3.63) is 0 Å². The van der Waals surface area contributed by atoms with Crippen molar-refractivity contribution >= 4 is 11.9 Å². The van der Waals surface area contributed by atoms with Gasteiger partial charge in [0.1, 0.15) is 0 Å². The van der Waals surface area contributed by atoms with Crippen molar-refractivity contribution in [2.45, 2.75) is 27.2 Å². The first kappa shape index (κ1) is 22.9. The average molecular weight is 284 g/mol. The second-order valence-electron chi connectivity index (χ2n) is 1.77. The van der Waals surface area contributed by atoms with Crippen LogP contribution in [0.2, 0.25) is 0 Å². The average Bonchev–Trinajstić information content (AvgIpc) is 1.85. The number of nitrogens with two attached hydrogens (primary N) is 1. The Hall–Kier alpha value is -0.438. The summed E-state index contributed by atoms with van der Waals surface area (Å²) in [5.41, 5.74) is 5.03. The van der Waals surface area contributed by atoms with Crippen LogP contribution in [-0.4, -0.2) is 18.5 Å². The van der Waals surface area contributed by atoms with E-state index in [9.17, 15) is 0 Å². The van der Waals surface area contributed by atoms with Crippen LogP contribution in [0.25, 0.3) is 0 Å². The number of aliphatic carboxylic acids is 2. The topological polar surface area (TPSA) is 106 Å². The van der Waals surface area contributed by atoms with E-state index in [1.54, 1.807) is 0 Å². The summed E-state index contributed by atoms with van der Waals surface area (Å²) in [7, 11) is 0. The number of carboxylic acids is 2. The zero-order chi connectivity index (χ0) is 10.6. The van der Waals surface area contributed by atoms with Gasteiger partial charge >= 0.3 is 20.4 Å². The van der Waals surface area contributed by atoms with Gasteiger partial charge in [-0.15, -0.1) is 0 Å². The van der Waals surface area contributed by atoms with Crippen LogP contribution in [0.15, 0.2) is 0 Å². The molecule has 0 spiro atoms. The Morgan fingerprint density at radius 3 is 1.23 bits per heavy atom. The Labute approximate surface area is 92.0 Å². The summed E-state index contributed by atoms with van der Waals surface area (Å²) in [5, 5.41) is 17.8. The Bertz CT molecular complexity index is 97.1. The molecule has 5 nitrogen and oxygen atoms in total. The molecule has 0 aromatic rings. The van der Waals surface area contributed by atoms with Gasteiger partial charge in [0.25, 0.3) is 0 Å². The van der Waals surface area contributed by atoms with E-state index in [0.717, 1.165) is 26.8 Å². The van der Waals surface area contributed by atoms with Crippen LogP contribution in [0.1, 0.15) is 27.2 Å². The van der Waals surface area contributed by atoms with Crippen molar-refractivity contribution in [3.8, 4) is 0 Å². The van der Waals surface area contributed by atoms with Gasteiger partial charge in [0.15, 0.2) is 0 Å². The molecule has 0 unspecified atom stereocenters. The number of hydrogen-bond donors (Lipinski definition) is 1. The van der Waals surface area contributed by atoms with Gasteiger partial charge in [0.2, 0.25) is 0 Å². The Balaban J connectivity index is -0.0000000450. The van der Waals surface area contributed by atoms with E-state index in [2.05, 4.69) is 6.92 Å². The van der Waals surface area contributed by atoms with Gasteiger partial charge in [-0.1, -0.05) is 6.92 Å². The van der Waals surface area contributed by atoms with Crippen LogP contribution in [0, 0.1) is 0 Å². The van der Waals surface area contributed by atoms with Crippen molar-refractivity contribution in [1.82, 2.24) is 0 Å². The molecule has 0 fully saturated rings. The molecule has 0 bridgehead atoms. The molecule has 0 amide bonds. The molecule has 0 aromatic carbocycles. The molecule has 0 aliphatic carbocycles. The van der Waals surface area contributed by atoms with Crippen molar-refractivity contribution < 1.29 is 40.2 Å². The summed E-state index contributed by atoms with van der Waals surface area (Å²) in [4.78, 5) is 17.8. The monoisotopic (exact) mass is 283 g/mol. The van der Waals surface area contributed by atoms with Crippen molar-refractivity contribution in [2.75, 3.05) is 6.54 Å². The van der Waals surface area contributed by atoms with Gasteiger partial charge in [-0.25, -0.2) is 0 Å².